The van der Waals surface area contributed by atoms with E-state index in [2.05, 4.69) is 30.4 Å². The fourth-order valence-electron chi connectivity index (χ4n) is 3.27. The van der Waals surface area contributed by atoms with E-state index >= 15 is 0 Å². The van der Waals surface area contributed by atoms with E-state index in [1.165, 1.54) is 11.1 Å². The van der Waals surface area contributed by atoms with Gasteiger partial charge in [-0.3, -0.25) is 4.79 Å². The molecule has 0 saturated carbocycles. The van der Waals surface area contributed by atoms with Gasteiger partial charge in [-0.25, -0.2) is 4.68 Å². The van der Waals surface area contributed by atoms with Gasteiger partial charge in [0.2, 0.25) is 5.91 Å². The van der Waals surface area contributed by atoms with Crippen LogP contribution in [-0.2, 0) is 4.79 Å². The number of carbonyl (C=O) groups is 1. The predicted octanol–water partition coefficient (Wildman–Crippen LogP) is 4.26. The number of nitrogens with zero attached hydrogens (tertiary/aromatic N) is 2. The van der Waals surface area contributed by atoms with Crippen LogP contribution in [0.2, 0.25) is 0 Å². The number of aromatic nitrogens is 2. The molecule has 4 rings (SSSR count). The Hall–Kier alpha value is -2.53. The van der Waals surface area contributed by atoms with Crippen molar-refractivity contribution in [1.29, 1.82) is 0 Å². The van der Waals surface area contributed by atoms with Gasteiger partial charge in [0.25, 0.3) is 0 Å². The van der Waals surface area contributed by atoms with Crippen LogP contribution < -0.4 is 5.32 Å². The van der Waals surface area contributed by atoms with Crippen molar-refractivity contribution >= 4 is 23.5 Å². The fourth-order valence-corrected chi connectivity index (χ4v) is 4.55. The minimum Gasteiger partial charge on any atom is -0.310 e. The lowest BCUT2D eigenvalue weighted by Gasteiger charge is -2.17. The van der Waals surface area contributed by atoms with Gasteiger partial charge >= 0.3 is 0 Å². The van der Waals surface area contributed by atoms with Crippen molar-refractivity contribution in [1.82, 2.24) is 9.78 Å². The van der Waals surface area contributed by atoms with Crippen molar-refractivity contribution in [2.45, 2.75) is 19.1 Å². The molecule has 1 atom stereocenters. The standard InChI is InChI=1S/C20H19N3OS/c1-13-8-6-7-11-16(13)19-18-14(2)22-23(15-9-4-3-5-10-15)20(18)21-17(24)12-25-19/h3-11,19H,12H2,1-2H3,(H,21,24)/t19-/m0/s1. The second kappa shape index (κ2) is 6.41. The number of anilines is 1. The lowest BCUT2D eigenvalue weighted by Crippen LogP contribution is -2.15. The Morgan fingerprint density at radius 3 is 2.56 bits per heavy atom. The number of nitrogens with one attached hydrogen (secondary N) is 1. The lowest BCUT2D eigenvalue weighted by atomic mass is 10.00. The van der Waals surface area contributed by atoms with E-state index in [0.717, 1.165) is 22.8 Å². The Morgan fingerprint density at radius 1 is 1.08 bits per heavy atom. The third-order valence-electron chi connectivity index (χ3n) is 4.48. The average Bonchev–Trinajstić information content (AvgIpc) is 2.83. The summed E-state index contributed by atoms with van der Waals surface area (Å²) >= 11 is 1.66. The van der Waals surface area contributed by atoms with Crippen LogP contribution in [0.25, 0.3) is 5.69 Å². The predicted molar refractivity (Wildman–Crippen MR) is 102 cm³/mol. The molecular formula is C20H19N3OS. The zero-order valence-electron chi connectivity index (χ0n) is 14.2. The highest BCUT2D eigenvalue weighted by Crippen LogP contribution is 2.44. The van der Waals surface area contributed by atoms with E-state index < -0.39 is 0 Å². The fraction of sp³-hybridized carbons (Fsp3) is 0.200. The van der Waals surface area contributed by atoms with E-state index in [9.17, 15) is 4.79 Å². The topological polar surface area (TPSA) is 46.9 Å². The minimum absolute atomic E-state index is 0.0133. The second-order valence-electron chi connectivity index (χ2n) is 6.19. The Labute approximate surface area is 151 Å². The summed E-state index contributed by atoms with van der Waals surface area (Å²) in [5.74, 6) is 1.23. The molecule has 25 heavy (non-hydrogen) atoms. The van der Waals surface area contributed by atoms with Crippen LogP contribution in [0, 0.1) is 13.8 Å². The highest BCUT2D eigenvalue weighted by molar-refractivity contribution is 8.00. The van der Waals surface area contributed by atoms with Gasteiger partial charge in [0.15, 0.2) is 0 Å². The number of thioether (sulfide) groups is 1. The number of carbonyl (C=O) groups excluding carboxylic acids is 1. The Balaban J connectivity index is 1.92. The molecule has 4 nitrogen and oxygen atoms in total. The Kier molecular flexibility index (Phi) is 4.09. The molecule has 0 saturated heterocycles. The highest BCUT2D eigenvalue weighted by atomic mass is 32.2. The number of benzene rings is 2. The van der Waals surface area contributed by atoms with Crippen molar-refractivity contribution in [3.8, 4) is 5.69 Å². The number of hydrogen-bond acceptors (Lipinski definition) is 3. The maximum absolute atomic E-state index is 12.3. The van der Waals surface area contributed by atoms with Crippen LogP contribution in [-0.4, -0.2) is 21.4 Å². The summed E-state index contributed by atoms with van der Waals surface area (Å²) in [6, 6.07) is 18.3. The molecule has 2 aromatic carbocycles. The van der Waals surface area contributed by atoms with E-state index in [1.54, 1.807) is 11.8 Å². The number of fused-ring (bicyclic) bond motifs is 1. The molecular weight excluding hydrogens is 330 g/mol. The molecule has 5 heteroatoms. The summed E-state index contributed by atoms with van der Waals surface area (Å²) in [7, 11) is 0. The number of hydrogen-bond donors (Lipinski definition) is 1. The molecule has 1 aromatic heterocycles. The van der Waals surface area contributed by atoms with Crippen molar-refractivity contribution < 1.29 is 4.79 Å². The number of amides is 1. The smallest absolute Gasteiger partial charge is 0.235 e. The molecule has 1 N–H and O–H groups in total. The van der Waals surface area contributed by atoms with Gasteiger partial charge < -0.3 is 5.32 Å². The monoisotopic (exact) mass is 349 g/mol. The van der Waals surface area contributed by atoms with Gasteiger partial charge in [-0.15, -0.1) is 11.8 Å². The first-order chi connectivity index (χ1) is 12.1. The molecule has 0 aliphatic carbocycles. The molecule has 0 unspecified atom stereocenters. The van der Waals surface area contributed by atoms with Crippen molar-refractivity contribution in [3.63, 3.8) is 0 Å². The zero-order valence-corrected chi connectivity index (χ0v) is 15.0. The first-order valence-corrected chi connectivity index (χ1v) is 9.32. The molecule has 2 heterocycles. The van der Waals surface area contributed by atoms with Crippen molar-refractivity contribution in [3.05, 3.63) is 77.0 Å². The Bertz CT molecular complexity index is 933. The summed E-state index contributed by atoms with van der Waals surface area (Å²) in [5, 5.41) is 7.89. The molecule has 126 valence electrons. The molecule has 1 aliphatic rings. The molecule has 0 fully saturated rings. The first kappa shape index (κ1) is 16.0. The second-order valence-corrected chi connectivity index (χ2v) is 7.28. The third kappa shape index (κ3) is 2.85. The SMILES string of the molecule is Cc1ccccc1[C@@H]1SCC(=O)Nc2c1c(C)nn2-c1ccccc1. The lowest BCUT2D eigenvalue weighted by molar-refractivity contribution is -0.113. The number of rotatable bonds is 2. The van der Waals surface area contributed by atoms with Crippen molar-refractivity contribution in [2.24, 2.45) is 0 Å². The first-order valence-electron chi connectivity index (χ1n) is 8.27. The summed E-state index contributed by atoms with van der Waals surface area (Å²) in [6.45, 7) is 4.13. The average molecular weight is 349 g/mol. The summed E-state index contributed by atoms with van der Waals surface area (Å²) in [5.41, 5.74) is 5.45. The van der Waals surface area contributed by atoms with Gasteiger partial charge in [0, 0.05) is 5.56 Å². The van der Waals surface area contributed by atoms with Crippen LogP contribution in [0.4, 0.5) is 5.82 Å². The molecule has 1 amide bonds. The summed E-state index contributed by atoms with van der Waals surface area (Å²) < 4.78 is 1.85. The van der Waals surface area contributed by atoms with Crippen molar-refractivity contribution in [2.75, 3.05) is 11.1 Å². The minimum atomic E-state index is 0.0133. The Morgan fingerprint density at radius 2 is 1.80 bits per heavy atom. The van der Waals surface area contributed by atoms with Gasteiger partial charge in [0.1, 0.15) is 5.82 Å². The number of para-hydroxylation sites is 1. The molecule has 0 radical (unpaired) electrons. The quantitative estimate of drug-likeness (QED) is 0.752. The van der Waals surface area contributed by atoms with E-state index in [-0.39, 0.29) is 11.2 Å². The maximum atomic E-state index is 12.3. The summed E-state index contributed by atoms with van der Waals surface area (Å²) in [6.07, 6.45) is 0. The highest BCUT2D eigenvalue weighted by Gasteiger charge is 2.31. The van der Waals surface area contributed by atoms with Crippen LogP contribution in [0.15, 0.2) is 54.6 Å². The van der Waals surface area contributed by atoms with Crippen LogP contribution in [0.1, 0.15) is 27.6 Å². The van der Waals surface area contributed by atoms with Crippen LogP contribution >= 0.6 is 11.8 Å². The van der Waals surface area contributed by atoms with Crippen LogP contribution in [0.5, 0.6) is 0 Å². The van der Waals surface area contributed by atoms with Crippen LogP contribution in [0.3, 0.4) is 0 Å². The van der Waals surface area contributed by atoms with Gasteiger partial charge in [0.05, 0.1) is 22.4 Å². The van der Waals surface area contributed by atoms with Gasteiger partial charge in [-0.2, -0.15) is 5.10 Å². The summed E-state index contributed by atoms with van der Waals surface area (Å²) in [4.78, 5) is 12.3. The zero-order chi connectivity index (χ0) is 17.4. The normalized spacial score (nSPS) is 16.9. The largest absolute Gasteiger partial charge is 0.310 e. The molecule has 1 aliphatic heterocycles. The van der Waals surface area contributed by atoms with E-state index in [0.29, 0.717) is 5.75 Å². The molecule has 3 aromatic rings. The third-order valence-corrected chi connectivity index (χ3v) is 5.73. The van der Waals surface area contributed by atoms with E-state index in [4.69, 9.17) is 5.10 Å². The van der Waals surface area contributed by atoms with Gasteiger partial charge in [-0.1, -0.05) is 42.5 Å². The van der Waals surface area contributed by atoms with E-state index in [1.807, 2.05) is 48.0 Å². The maximum Gasteiger partial charge on any atom is 0.235 e. The van der Waals surface area contributed by atoms with Gasteiger partial charge in [-0.05, 0) is 37.1 Å². The number of aryl methyl sites for hydroxylation is 2. The molecule has 0 bridgehead atoms. The molecule has 0 spiro atoms.